The van der Waals surface area contributed by atoms with E-state index in [4.69, 9.17) is 0 Å². The van der Waals surface area contributed by atoms with Crippen molar-refractivity contribution in [3.05, 3.63) is 101 Å². The molecule has 3 aromatic rings. The minimum absolute atomic E-state index is 0.0915. The second-order valence-electron chi connectivity index (χ2n) is 6.49. The number of rotatable bonds is 3. The van der Waals surface area contributed by atoms with Crippen molar-refractivity contribution in [3.8, 4) is 0 Å². The first kappa shape index (κ1) is 19.0. The van der Waals surface area contributed by atoms with Crippen molar-refractivity contribution in [3.63, 3.8) is 0 Å². The quantitative estimate of drug-likeness (QED) is 0.392. The van der Waals surface area contributed by atoms with Crippen molar-refractivity contribution >= 4 is 11.4 Å². The smallest absolute Gasteiger partial charge is 0.187 e. The van der Waals surface area contributed by atoms with Gasteiger partial charge in [-0.15, -0.1) is 0 Å². The van der Waals surface area contributed by atoms with Gasteiger partial charge in [-0.05, 0) is 35.4 Å². The summed E-state index contributed by atoms with van der Waals surface area (Å²) in [4.78, 5) is 0. The van der Waals surface area contributed by atoms with Crippen LogP contribution in [0.15, 0.2) is 59.7 Å². The van der Waals surface area contributed by atoms with E-state index in [9.17, 15) is 26.3 Å². The number of anilines is 1. The van der Waals surface area contributed by atoms with Crippen molar-refractivity contribution < 1.29 is 26.3 Å². The van der Waals surface area contributed by atoms with Crippen LogP contribution in [0, 0.1) is 34.9 Å². The molecule has 0 radical (unpaired) electrons. The fourth-order valence-corrected chi connectivity index (χ4v) is 3.24. The largest absolute Gasteiger partial charge is 0.251 e. The van der Waals surface area contributed by atoms with Crippen LogP contribution >= 0.6 is 0 Å². The summed E-state index contributed by atoms with van der Waals surface area (Å²) >= 11 is 0. The standard InChI is InChI=1S/C21H12F6N2/c22-13-5-1-11(2-6-13)17-10-18(12-3-7-14(23)8-4-12)29(28-17)21-19(26)15(24)9-16(25)20(21)27/h1-9,18H,10H2. The zero-order valence-corrected chi connectivity index (χ0v) is 14.6. The number of hydrogen-bond donors (Lipinski definition) is 0. The third kappa shape index (κ3) is 3.46. The van der Waals surface area contributed by atoms with Gasteiger partial charge in [0.15, 0.2) is 23.3 Å². The van der Waals surface area contributed by atoms with E-state index in [0.29, 0.717) is 16.8 Å². The summed E-state index contributed by atoms with van der Waals surface area (Å²) in [6.07, 6.45) is 0.0915. The molecule has 0 fully saturated rings. The van der Waals surface area contributed by atoms with E-state index in [1.54, 1.807) is 0 Å². The van der Waals surface area contributed by atoms with Gasteiger partial charge in [0.1, 0.15) is 17.3 Å². The number of halogens is 6. The lowest BCUT2D eigenvalue weighted by molar-refractivity contribution is 0.448. The first-order valence-electron chi connectivity index (χ1n) is 8.56. The van der Waals surface area contributed by atoms with Gasteiger partial charge < -0.3 is 0 Å². The normalized spacial score (nSPS) is 16.3. The first-order valence-corrected chi connectivity index (χ1v) is 8.56. The molecule has 3 aromatic carbocycles. The van der Waals surface area contributed by atoms with Gasteiger partial charge in [-0.25, -0.2) is 26.3 Å². The van der Waals surface area contributed by atoms with Crippen LogP contribution in [0.4, 0.5) is 32.0 Å². The summed E-state index contributed by atoms with van der Waals surface area (Å²) in [5.74, 6) is -7.33. The Kier molecular flexibility index (Phi) is 4.77. The zero-order chi connectivity index (χ0) is 20.7. The SMILES string of the molecule is Fc1ccc(C2=NN(c3c(F)c(F)cc(F)c3F)C(c3ccc(F)cc3)C2)cc1. The Labute approximate surface area is 161 Å². The number of hydrazone groups is 1. The Morgan fingerprint density at radius 3 is 1.79 bits per heavy atom. The predicted molar refractivity (Wildman–Crippen MR) is 95.4 cm³/mol. The molecule has 1 atom stereocenters. The Morgan fingerprint density at radius 1 is 0.724 bits per heavy atom. The van der Waals surface area contributed by atoms with Crippen molar-refractivity contribution in [1.29, 1.82) is 0 Å². The van der Waals surface area contributed by atoms with E-state index in [0.717, 1.165) is 17.1 Å². The topological polar surface area (TPSA) is 15.6 Å². The number of nitrogens with zero attached hydrogens (tertiary/aromatic N) is 2. The predicted octanol–water partition coefficient (Wildman–Crippen LogP) is 5.88. The zero-order valence-electron chi connectivity index (χ0n) is 14.6. The second-order valence-corrected chi connectivity index (χ2v) is 6.49. The van der Waals surface area contributed by atoms with E-state index in [1.807, 2.05) is 0 Å². The molecule has 1 heterocycles. The van der Waals surface area contributed by atoms with Crippen molar-refractivity contribution in [2.24, 2.45) is 5.10 Å². The summed E-state index contributed by atoms with van der Waals surface area (Å²) in [5.41, 5.74) is 0.228. The van der Waals surface area contributed by atoms with Crippen LogP contribution in [0.1, 0.15) is 23.6 Å². The lowest BCUT2D eigenvalue weighted by atomic mass is 9.98. The van der Waals surface area contributed by atoms with Crippen LogP contribution in [0.3, 0.4) is 0 Å². The molecule has 0 spiro atoms. The van der Waals surface area contributed by atoms with E-state index in [1.165, 1.54) is 36.4 Å². The molecule has 0 N–H and O–H groups in total. The maximum Gasteiger partial charge on any atom is 0.187 e. The highest BCUT2D eigenvalue weighted by Crippen LogP contribution is 2.40. The lowest BCUT2D eigenvalue weighted by Gasteiger charge is -2.25. The fourth-order valence-electron chi connectivity index (χ4n) is 3.24. The minimum Gasteiger partial charge on any atom is -0.251 e. The first-order chi connectivity index (χ1) is 13.8. The van der Waals surface area contributed by atoms with Gasteiger partial charge in [0.2, 0.25) is 0 Å². The summed E-state index contributed by atoms with van der Waals surface area (Å²) in [6.45, 7) is 0. The Balaban J connectivity index is 1.86. The molecule has 0 amide bonds. The molecule has 2 nitrogen and oxygen atoms in total. The van der Waals surface area contributed by atoms with E-state index in [2.05, 4.69) is 5.10 Å². The maximum atomic E-state index is 14.4. The van der Waals surface area contributed by atoms with Crippen LogP contribution in [0.2, 0.25) is 0 Å². The van der Waals surface area contributed by atoms with Gasteiger partial charge in [-0.1, -0.05) is 24.3 Å². The van der Waals surface area contributed by atoms with Crippen molar-refractivity contribution in [2.75, 3.05) is 5.01 Å². The average Bonchev–Trinajstić information content (AvgIpc) is 3.13. The van der Waals surface area contributed by atoms with Crippen LogP contribution in [0.25, 0.3) is 0 Å². The molecule has 1 aliphatic heterocycles. The number of benzene rings is 3. The highest BCUT2D eigenvalue weighted by molar-refractivity contribution is 6.03. The molecule has 148 valence electrons. The van der Waals surface area contributed by atoms with Crippen molar-refractivity contribution in [2.45, 2.75) is 12.5 Å². The summed E-state index contributed by atoms with van der Waals surface area (Å²) in [7, 11) is 0. The molecular weight excluding hydrogens is 394 g/mol. The molecular formula is C21H12F6N2. The number of hydrogen-bond acceptors (Lipinski definition) is 2. The molecule has 0 saturated carbocycles. The third-order valence-corrected chi connectivity index (χ3v) is 4.66. The highest BCUT2D eigenvalue weighted by Gasteiger charge is 2.35. The molecule has 1 unspecified atom stereocenters. The van der Waals surface area contributed by atoms with Crippen molar-refractivity contribution in [1.82, 2.24) is 0 Å². The van der Waals surface area contributed by atoms with Crippen LogP contribution in [-0.2, 0) is 0 Å². The Bertz CT molecular complexity index is 1070. The Morgan fingerprint density at radius 2 is 1.24 bits per heavy atom. The summed E-state index contributed by atoms with van der Waals surface area (Å²) in [5, 5.41) is 5.00. The van der Waals surface area contributed by atoms with E-state index < -0.39 is 46.6 Å². The fraction of sp³-hybridized carbons (Fsp3) is 0.0952. The van der Waals surface area contributed by atoms with Gasteiger partial charge in [-0.3, -0.25) is 5.01 Å². The average molecular weight is 406 g/mol. The second kappa shape index (κ2) is 7.27. The van der Waals surface area contributed by atoms with E-state index >= 15 is 0 Å². The van der Waals surface area contributed by atoms with E-state index in [-0.39, 0.29) is 12.5 Å². The molecule has 4 rings (SSSR count). The summed E-state index contributed by atoms with van der Waals surface area (Å²) < 4.78 is 82.9. The molecule has 0 aromatic heterocycles. The molecule has 1 aliphatic rings. The van der Waals surface area contributed by atoms with Crippen LogP contribution < -0.4 is 5.01 Å². The van der Waals surface area contributed by atoms with Gasteiger partial charge in [0, 0.05) is 12.5 Å². The minimum atomic E-state index is -1.60. The lowest BCUT2D eigenvalue weighted by Crippen LogP contribution is -2.22. The molecule has 0 bridgehead atoms. The van der Waals surface area contributed by atoms with Gasteiger partial charge >= 0.3 is 0 Å². The highest BCUT2D eigenvalue weighted by atomic mass is 19.2. The van der Waals surface area contributed by atoms with Gasteiger partial charge in [0.05, 0.1) is 11.8 Å². The molecule has 0 aliphatic carbocycles. The van der Waals surface area contributed by atoms with Crippen LogP contribution in [-0.4, -0.2) is 5.71 Å². The Hall–Kier alpha value is -3.29. The molecule has 0 saturated heterocycles. The van der Waals surface area contributed by atoms with Crippen LogP contribution in [0.5, 0.6) is 0 Å². The summed E-state index contributed by atoms with van der Waals surface area (Å²) in [6, 6.07) is 9.58. The molecule has 29 heavy (non-hydrogen) atoms. The van der Waals surface area contributed by atoms with Gasteiger partial charge in [0.25, 0.3) is 0 Å². The maximum absolute atomic E-state index is 14.4. The monoisotopic (exact) mass is 406 g/mol. The molecule has 8 heteroatoms. The third-order valence-electron chi connectivity index (χ3n) is 4.66. The van der Waals surface area contributed by atoms with Gasteiger partial charge in [-0.2, -0.15) is 5.10 Å².